The van der Waals surface area contributed by atoms with Crippen LogP contribution in [0.25, 0.3) is 0 Å². The van der Waals surface area contributed by atoms with Gasteiger partial charge in [0.15, 0.2) is 0 Å². The predicted molar refractivity (Wildman–Crippen MR) is 89.7 cm³/mol. The molecule has 1 saturated heterocycles. The van der Waals surface area contributed by atoms with Gasteiger partial charge in [0.05, 0.1) is 20.3 Å². The van der Waals surface area contributed by atoms with Gasteiger partial charge in [0.25, 0.3) is 0 Å². The molecule has 1 N–H and O–H groups in total. The summed E-state index contributed by atoms with van der Waals surface area (Å²) in [5, 5.41) is 2.87. The number of benzene rings is 1. The Hall–Kier alpha value is -2.67. The molecule has 1 atom stereocenters. The van der Waals surface area contributed by atoms with E-state index in [0.29, 0.717) is 32.1 Å². The monoisotopic (exact) mass is 345 g/mol. The first kappa shape index (κ1) is 17.2. The number of halogens is 1. The maximum absolute atomic E-state index is 13.4. The van der Waals surface area contributed by atoms with Gasteiger partial charge in [0.1, 0.15) is 11.9 Å². The number of ether oxygens (including phenoxy) is 2. The average molecular weight is 345 g/mol. The molecule has 0 spiro atoms. The van der Waals surface area contributed by atoms with E-state index >= 15 is 0 Å². The second kappa shape index (κ2) is 7.94. The molecular formula is C18H20FN3O3. The SMILES string of the molecule is COc1ccc(CNC(=O)N2CCOC(c3cccc(F)c3)C2)cn1. The molecule has 25 heavy (non-hydrogen) atoms. The van der Waals surface area contributed by atoms with E-state index in [9.17, 15) is 9.18 Å². The molecule has 1 aromatic carbocycles. The zero-order valence-electron chi connectivity index (χ0n) is 13.9. The van der Waals surface area contributed by atoms with Crippen molar-refractivity contribution in [2.75, 3.05) is 26.8 Å². The standard InChI is InChI=1S/C18H20FN3O3/c1-24-17-6-5-13(10-20-17)11-21-18(23)22-7-8-25-16(12-22)14-3-2-4-15(19)9-14/h2-6,9-10,16H,7-8,11-12H2,1H3,(H,21,23). The highest BCUT2D eigenvalue weighted by Crippen LogP contribution is 2.22. The third-order valence-corrected chi connectivity index (χ3v) is 4.02. The lowest BCUT2D eigenvalue weighted by atomic mass is 10.1. The molecule has 2 amide bonds. The number of amides is 2. The highest BCUT2D eigenvalue weighted by atomic mass is 19.1. The van der Waals surface area contributed by atoms with Crippen molar-refractivity contribution in [1.82, 2.24) is 15.2 Å². The van der Waals surface area contributed by atoms with Crippen molar-refractivity contribution in [3.05, 3.63) is 59.5 Å². The zero-order valence-corrected chi connectivity index (χ0v) is 13.9. The average Bonchev–Trinajstić information content (AvgIpc) is 2.66. The topological polar surface area (TPSA) is 63.7 Å². The normalized spacial score (nSPS) is 17.2. The summed E-state index contributed by atoms with van der Waals surface area (Å²) in [5.41, 5.74) is 1.61. The van der Waals surface area contributed by atoms with Gasteiger partial charge < -0.3 is 19.7 Å². The highest BCUT2D eigenvalue weighted by Gasteiger charge is 2.25. The van der Waals surface area contributed by atoms with Crippen molar-refractivity contribution in [3.8, 4) is 5.88 Å². The van der Waals surface area contributed by atoms with Crippen LogP contribution in [0, 0.1) is 5.82 Å². The second-order valence-corrected chi connectivity index (χ2v) is 5.73. The minimum absolute atomic E-state index is 0.180. The van der Waals surface area contributed by atoms with Gasteiger partial charge in [-0.25, -0.2) is 14.2 Å². The molecule has 7 heteroatoms. The summed E-state index contributed by atoms with van der Waals surface area (Å²) >= 11 is 0. The van der Waals surface area contributed by atoms with Crippen LogP contribution in [0.5, 0.6) is 5.88 Å². The van der Waals surface area contributed by atoms with Crippen molar-refractivity contribution >= 4 is 6.03 Å². The van der Waals surface area contributed by atoms with Gasteiger partial charge >= 0.3 is 6.03 Å². The Labute approximate surface area is 145 Å². The van der Waals surface area contributed by atoms with Gasteiger partial charge in [-0.1, -0.05) is 18.2 Å². The molecule has 0 aliphatic carbocycles. The first-order valence-electron chi connectivity index (χ1n) is 8.04. The minimum atomic E-state index is -0.321. The van der Waals surface area contributed by atoms with Crippen LogP contribution in [0.3, 0.4) is 0 Å². The Morgan fingerprint density at radius 2 is 2.32 bits per heavy atom. The zero-order chi connectivity index (χ0) is 17.6. The number of rotatable bonds is 4. The minimum Gasteiger partial charge on any atom is -0.481 e. The van der Waals surface area contributed by atoms with Crippen molar-refractivity contribution in [1.29, 1.82) is 0 Å². The summed E-state index contributed by atoms with van der Waals surface area (Å²) in [4.78, 5) is 18.2. The fraction of sp³-hybridized carbons (Fsp3) is 0.333. The van der Waals surface area contributed by atoms with Crippen LogP contribution in [0.15, 0.2) is 42.6 Å². The molecule has 1 fully saturated rings. The Morgan fingerprint density at radius 3 is 3.04 bits per heavy atom. The van der Waals surface area contributed by atoms with Crippen LogP contribution in [0.4, 0.5) is 9.18 Å². The van der Waals surface area contributed by atoms with Crippen molar-refractivity contribution < 1.29 is 18.7 Å². The predicted octanol–water partition coefficient (Wildman–Crippen LogP) is 2.51. The number of urea groups is 1. The van der Waals surface area contributed by atoms with E-state index in [1.807, 2.05) is 6.07 Å². The van der Waals surface area contributed by atoms with E-state index in [1.54, 1.807) is 36.4 Å². The van der Waals surface area contributed by atoms with Gasteiger partial charge in [-0.3, -0.25) is 0 Å². The van der Waals surface area contributed by atoms with Crippen molar-refractivity contribution in [3.63, 3.8) is 0 Å². The van der Waals surface area contributed by atoms with Gasteiger partial charge in [0.2, 0.25) is 5.88 Å². The Balaban J connectivity index is 1.56. The molecule has 132 valence electrons. The Kier molecular flexibility index (Phi) is 5.45. The number of morpholine rings is 1. The van der Waals surface area contributed by atoms with E-state index in [1.165, 1.54) is 12.1 Å². The lowest BCUT2D eigenvalue weighted by molar-refractivity contribution is -0.0156. The van der Waals surface area contributed by atoms with Crippen LogP contribution < -0.4 is 10.1 Å². The highest BCUT2D eigenvalue weighted by molar-refractivity contribution is 5.74. The molecule has 1 unspecified atom stereocenters. The van der Waals surface area contributed by atoms with E-state index in [0.717, 1.165) is 11.1 Å². The summed E-state index contributed by atoms with van der Waals surface area (Å²) in [6, 6.07) is 9.69. The van der Waals surface area contributed by atoms with Crippen LogP contribution in [0.1, 0.15) is 17.2 Å². The largest absolute Gasteiger partial charge is 0.481 e. The first-order valence-corrected chi connectivity index (χ1v) is 8.04. The molecule has 0 bridgehead atoms. The number of carbonyl (C=O) groups excluding carboxylic acids is 1. The quantitative estimate of drug-likeness (QED) is 0.925. The summed E-state index contributed by atoms with van der Waals surface area (Å²) in [7, 11) is 1.55. The molecule has 6 nitrogen and oxygen atoms in total. The Bertz CT molecular complexity index is 724. The van der Waals surface area contributed by atoms with E-state index < -0.39 is 0 Å². The van der Waals surface area contributed by atoms with Crippen molar-refractivity contribution in [2.45, 2.75) is 12.6 Å². The number of aromatic nitrogens is 1. The fourth-order valence-corrected chi connectivity index (χ4v) is 2.67. The number of hydrogen-bond donors (Lipinski definition) is 1. The number of carbonyl (C=O) groups is 1. The summed E-state index contributed by atoms with van der Waals surface area (Å²) in [6.07, 6.45) is 1.34. The third-order valence-electron chi connectivity index (χ3n) is 4.02. The van der Waals surface area contributed by atoms with E-state index in [4.69, 9.17) is 9.47 Å². The summed E-state index contributed by atoms with van der Waals surface area (Å²) < 4.78 is 24.1. The number of nitrogens with zero attached hydrogens (tertiary/aromatic N) is 2. The second-order valence-electron chi connectivity index (χ2n) is 5.73. The van der Waals surface area contributed by atoms with Gasteiger partial charge in [-0.2, -0.15) is 0 Å². The lowest BCUT2D eigenvalue weighted by Gasteiger charge is -2.33. The summed E-state index contributed by atoms with van der Waals surface area (Å²) in [5.74, 6) is 0.218. The van der Waals surface area contributed by atoms with Crippen LogP contribution >= 0.6 is 0 Å². The van der Waals surface area contributed by atoms with E-state index in [2.05, 4.69) is 10.3 Å². The van der Waals surface area contributed by atoms with Gasteiger partial charge in [0, 0.05) is 25.4 Å². The molecule has 3 rings (SSSR count). The fourth-order valence-electron chi connectivity index (χ4n) is 2.67. The maximum atomic E-state index is 13.4. The molecule has 2 heterocycles. The number of hydrogen-bond acceptors (Lipinski definition) is 4. The number of nitrogens with one attached hydrogen (secondary N) is 1. The molecular weight excluding hydrogens is 325 g/mol. The maximum Gasteiger partial charge on any atom is 0.317 e. The molecule has 1 aliphatic heterocycles. The lowest BCUT2D eigenvalue weighted by Crippen LogP contribution is -2.46. The van der Waals surface area contributed by atoms with E-state index in [-0.39, 0.29) is 18.0 Å². The van der Waals surface area contributed by atoms with Crippen molar-refractivity contribution in [2.24, 2.45) is 0 Å². The van der Waals surface area contributed by atoms with Crippen LogP contribution in [-0.4, -0.2) is 42.7 Å². The first-order chi connectivity index (χ1) is 12.2. The molecule has 1 aliphatic rings. The van der Waals surface area contributed by atoms with Gasteiger partial charge in [-0.15, -0.1) is 0 Å². The van der Waals surface area contributed by atoms with Crippen LogP contribution in [-0.2, 0) is 11.3 Å². The number of pyridine rings is 1. The van der Waals surface area contributed by atoms with Gasteiger partial charge in [-0.05, 0) is 23.3 Å². The summed E-state index contributed by atoms with van der Waals surface area (Å²) in [6.45, 7) is 1.67. The molecule has 0 radical (unpaired) electrons. The number of methoxy groups -OCH3 is 1. The third kappa shape index (κ3) is 4.45. The molecule has 2 aromatic rings. The Morgan fingerprint density at radius 1 is 1.44 bits per heavy atom. The van der Waals surface area contributed by atoms with Crippen LogP contribution in [0.2, 0.25) is 0 Å². The molecule has 1 aromatic heterocycles. The molecule has 0 saturated carbocycles. The smallest absolute Gasteiger partial charge is 0.317 e.